The zero-order valence-corrected chi connectivity index (χ0v) is 12.3. The summed E-state index contributed by atoms with van der Waals surface area (Å²) in [4.78, 5) is 4.57. The Morgan fingerprint density at radius 3 is 3.06 bits per heavy atom. The molecule has 1 unspecified atom stereocenters. The molecule has 2 rings (SSSR count). The van der Waals surface area contributed by atoms with Crippen LogP contribution in [-0.4, -0.2) is 24.7 Å². The Hall–Kier alpha value is -0.650. The Kier molecular flexibility index (Phi) is 4.36. The molecule has 1 aromatic carbocycles. The smallest absolute Gasteiger partial charge is 0.184 e. The molecule has 5 heteroatoms. The molecule has 1 aromatic heterocycles. The second kappa shape index (κ2) is 5.80. The van der Waals surface area contributed by atoms with Crippen LogP contribution in [0, 0.1) is 0 Å². The Morgan fingerprint density at radius 1 is 1.53 bits per heavy atom. The standard InChI is InChI=1S/C12H15BrN2OS/c1-3-9(7-16-2)14-12-15-10-6-8(13)4-5-11(10)17-12/h4-6,9H,3,7H2,1-2H3,(H,14,15). The highest BCUT2D eigenvalue weighted by atomic mass is 79.9. The first-order chi connectivity index (χ1) is 8.22. The predicted molar refractivity (Wildman–Crippen MR) is 76.9 cm³/mol. The molecule has 0 saturated heterocycles. The number of thiazole rings is 1. The molecule has 1 N–H and O–H groups in total. The first-order valence-corrected chi connectivity index (χ1v) is 7.15. The third-order valence-electron chi connectivity index (χ3n) is 2.54. The van der Waals surface area contributed by atoms with Crippen LogP contribution >= 0.6 is 27.3 Å². The van der Waals surface area contributed by atoms with Crippen molar-refractivity contribution in [2.75, 3.05) is 19.0 Å². The molecule has 92 valence electrons. The molecule has 0 bridgehead atoms. The summed E-state index contributed by atoms with van der Waals surface area (Å²) in [6, 6.07) is 6.48. The van der Waals surface area contributed by atoms with Crippen LogP contribution in [-0.2, 0) is 4.74 Å². The van der Waals surface area contributed by atoms with Gasteiger partial charge in [0.05, 0.1) is 22.9 Å². The number of aromatic nitrogens is 1. The summed E-state index contributed by atoms with van der Waals surface area (Å²) in [5, 5.41) is 4.37. The Labute approximate surface area is 113 Å². The molecule has 0 amide bonds. The lowest BCUT2D eigenvalue weighted by Gasteiger charge is -2.14. The topological polar surface area (TPSA) is 34.1 Å². The van der Waals surface area contributed by atoms with Gasteiger partial charge < -0.3 is 10.1 Å². The normalized spacial score (nSPS) is 12.9. The third-order valence-corrected chi connectivity index (χ3v) is 4.00. The highest BCUT2D eigenvalue weighted by Gasteiger charge is 2.09. The van der Waals surface area contributed by atoms with E-state index in [0.717, 1.165) is 21.5 Å². The summed E-state index contributed by atoms with van der Waals surface area (Å²) < 4.78 is 7.43. The maximum Gasteiger partial charge on any atom is 0.184 e. The number of benzene rings is 1. The molecule has 0 spiro atoms. The van der Waals surface area contributed by atoms with Gasteiger partial charge in [-0.3, -0.25) is 0 Å². The van der Waals surface area contributed by atoms with E-state index in [-0.39, 0.29) is 0 Å². The number of methoxy groups -OCH3 is 1. The monoisotopic (exact) mass is 314 g/mol. The van der Waals surface area contributed by atoms with Crippen LogP contribution in [0.5, 0.6) is 0 Å². The lowest BCUT2D eigenvalue weighted by atomic mass is 10.2. The molecule has 0 fully saturated rings. The number of nitrogens with zero attached hydrogens (tertiary/aromatic N) is 1. The van der Waals surface area contributed by atoms with Gasteiger partial charge in [0.15, 0.2) is 5.13 Å². The molecule has 0 radical (unpaired) electrons. The third kappa shape index (κ3) is 3.18. The average Bonchev–Trinajstić information content (AvgIpc) is 2.69. The molecule has 1 heterocycles. The van der Waals surface area contributed by atoms with Crippen LogP contribution < -0.4 is 5.32 Å². The van der Waals surface area contributed by atoms with Gasteiger partial charge in [-0.2, -0.15) is 0 Å². The molecule has 0 saturated carbocycles. The average molecular weight is 315 g/mol. The van der Waals surface area contributed by atoms with Gasteiger partial charge in [-0.25, -0.2) is 4.98 Å². The second-order valence-corrected chi connectivity index (χ2v) is 5.78. The fraction of sp³-hybridized carbons (Fsp3) is 0.417. The molecular formula is C12H15BrN2OS. The minimum Gasteiger partial charge on any atom is -0.383 e. The van der Waals surface area contributed by atoms with Crippen LogP contribution in [0.1, 0.15) is 13.3 Å². The van der Waals surface area contributed by atoms with Crippen LogP contribution in [0.2, 0.25) is 0 Å². The number of halogens is 1. The van der Waals surface area contributed by atoms with E-state index in [1.54, 1.807) is 18.4 Å². The highest BCUT2D eigenvalue weighted by molar-refractivity contribution is 9.10. The number of ether oxygens (including phenoxy) is 1. The molecule has 0 aliphatic heterocycles. The van der Waals surface area contributed by atoms with Crippen LogP contribution in [0.4, 0.5) is 5.13 Å². The molecule has 17 heavy (non-hydrogen) atoms. The van der Waals surface area contributed by atoms with Gasteiger partial charge >= 0.3 is 0 Å². The highest BCUT2D eigenvalue weighted by Crippen LogP contribution is 2.28. The van der Waals surface area contributed by atoms with Crippen LogP contribution in [0.15, 0.2) is 22.7 Å². The van der Waals surface area contributed by atoms with Crippen molar-refractivity contribution in [1.29, 1.82) is 0 Å². The summed E-state index contributed by atoms with van der Waals surface area (Å²) in [7, 11) is 1.72. The van der Waals surface area contributed by atoms with E-state index >= 15 is 0 Å². The largest absolute Gasteiger partial charge is 0.383 e. The number of nitrogens with one attached hydrogen (secondary N) is 1. The maximum atomic E-state index is 5.17. The van der Waals surface area contributed by atoms with Crippen LogP contribution in [0.25, 0.3) is 10.2 Å². The zero-order chi connectivity index (χ0) is 12.3. The molecule has 0 aliphatic rings. The Morgan fingerprint density at radius 2 is 2.35 bits per heavy atom. The Bertz CT molecular complexity index is 500. The summed E-state index contributed by atoms with van der Waals surface area (Å²) in [6.07, 6.45) is 1.02. The van der Waals surface area contributed by atoms with Crippen molar-refractivity contribution in [3.8, 4) is 0 Å². The fourth-order valence-electron chi connectivity index (χ4n) is 1.60. The van der Waals surface area contributed by atoms with E-state index in [1.165, 1.54) is 4.70 Å². The zero-order valence-electron chi connectivity index (χ0n) is 9.87. The number of rotatable bonds is 5. The van der Waals surface area contributed by atoms with Gasteiger partial charge in [0, 0.05) is 11.6 Å². The Balaban J connectivity index is 2.18. The van der Waals surface area contributed by atoms with E-state index < -0.39 is 0 Å². The lowest BCUT2D eigenvalue weighted by Crippen LogP contribution is -2.23. The van der Waals surface area contributed by atoms with Crippen molar-refractivity contribution < 1.29 is 4.74 Å². The van der Waals surface area contributed by atoms with Gasteiger partial charge in [-0.15, -0.1) is 0 Å². The SMILES string of the molecule is CCC(COC)Nc1nc2cc(Br)ccc2s1. The maximum absolute atomic E-state index is 5.17. The van der Waals surface area contributed by atoms with E-state index in [4.69, 9.17) is 4.74 Å². The summed E-state index contributed by atoms with van der Waals surface area (Å²) in [5.74, 6) is 0. The van der Waals surface area contributed by atoms with Crippen LogP contribution in [0.3, 0.4) is 0 Å². The fourth-order valence-corrected chi connectivity index (χ4v) is 2.87. The first-order valence-electron chi connectivity index (χ1n) is 5.54. The van der Waals surface area contributed by atoms with E-state index in [2.05, 4.69) is 39.2 Å². The van der Waals surface area contributed by atoms with E-state index in [9.17, 15) is 0 Å². The van der Waals surface area contributed by atoms with Crippen molar-refractivity contribution >= 4 is 42.6 Å². The number of fused-ring (bicyclic) bond motifs is 1. The van der Waals surface area contributed by atoms with Gasteiger partial charge in [0.1, 0.15) is 0 Å². The molecule has 3 nitrogen and oxygen atoms in total. The minimum absolute atomic E-state index is 0.323. The quantitative estimate of drug-likeness (QED) is 0.909. The van der Waals surface area contributed by atoms with Crippen molar-refractivity contribution in [3.63, 3.8) is 0 Å². The summed E-state index contributed by atoms with van der Waals surface area (Å²) >= 11 is 5.13. The lowest BCUT2D eigenvalue weighted by molar-refractivity contribution is 0.184. The predicted octanol–water partition coefficient (Wildman–Crippen LogP) is 3.90. The van der Waals surface area contributed by atoms with Gasteiger partial charge in [-0.05, 0) is 24.6 Å². The number of hydrogen-bond donors (Lipinski definition) is 1. The number of anilines is 1. The molecule has 0 aliphatic carbocycles. The first kappa shape index (κ1) is 12.8. The molecular weight excluding hydrogens is 300 g/mol. The summed E-state index contributed by atoms with van der Waals surface area (Å²) in [6.45, 7) is 2.84. The van der Waals surface area contributed by atoms with Gasteiger partial charge in [-0.1, -0.05) is 34.2 Å². The molecule has 1 atom stereocenters. The summed E-state index contributed by atoms with van der Waals surface area (Å²) in [5.41, 5.74) is 1.03. The second-order valence-electron chi connectivity index (χ2n) is 3.84. The van der Waals surface area contributed by atoms with Gasteiger partial charge in [0.25, 0.3) is 0 Å². The van der Waals surface area contributed by atoms with Crippen molar-refractivity contribution in [2.24, 2.45) is 0 Å². The van der Waals surface area contributed by atoms with E-state index in [1.807, 2.05) is 12.1 Å². The van der Waals surface area contributed by atoms with Crippen molar-refractivity contribution in [1.82, 2.24) is 4.98 Å². The van der Waals surface area contributed by atoms with Gasteiger partial charge in [0.2, 0.25) is 0 Å². The van der Waals surface area contributed by atoms with Crippen molar-refractivity contribution in [2.45, 2.75) is 19.4 Å². The minimum atomic E-state index is 0.323. The van der Waals surface area contributed by atoms with Crippen molar-refractivity contribution in [3.05, 3.63) is 22.7 Å². The van der Waals surface area contributed by atoms with E-state index in [0.29, 0.717) is 12.6 Å². The number of hydrogen-bond acceptors (Lipinski definition) is 4. The molecule has 2 aromatic rings.